The molecule has 1 aliphatic carbocycles. The summed E-state index contributed by atoms with van der Waals surface area (Å²) >= 11 is 0. The number of aldehydes is 1. The van der Waals surface area contributed by atoms with Crippen LogP contribution in [0.5, 0.6) is 0 Å². The molecular formula is C21H24O. The van der Waals surface area contributed by atoms with Gasteiger partial charge in [0.2, 0.25) is 0 Å². The van der Waals surface area contributed by atoms with Crippen LogP contribution in [-0.4, -0.2) is 6.29 Å². The molecule has 0 bridgehead atoms. The van der Waals surface area contributed by atoms with Gasteiger partial charge in [-0.05, 0) is 47.9 Å². The van der Waals surface area contributed by atoms with Crippen molar-refractivity contribution in [3.8, 4) is 0 Å². The van der Waals surface area contributed by atoms with Gasteiger partial charge < -0.3 is 4.79 Å². The van der Waals surface area contributed by atoms with E-state index in [0.717, 1.165) is 38.4 Å². The summed E-state index contributed by atoms with van der Waals surface area (Å²) in [6.07, 6.45) is 7.05. The zero-order valence-corrected chi connectivity index (χ0v) is 13.3. The summed E-state index contributed by atoms with van der Waals surface area (Å²) in [5, 5.41) is 0. The molecule has 0 amide bonds. The Hall–Kier alpha value is -1.89. The molecule has 0 radical (unpaired) electrons. The Balaban J connectivity index is 2.25. The van der Waals surface area contributed by atoms with Gasteiger partial charge in [-0.2, -0.15) is 0 Å². The van der Waals surface area contributed by atoms with Gasteiger partial charge in [0.1, 0.15) is 6.29 Å². The first kappa shape index (κ1) is 15.0. The van der Waals surface area contributed by atoms with Gasteiger partial charge in [0.15, 0.2) is 0 Å². The van der Waals surface area contributed by atoms with E-state index in [1.807, 2.05) is 0 Å². The monoisotopic (exact) mass is 292 g/mol. The van der Waals surface area contributed by atoms with E-state index in [4.69, 9.17) is 0 Å². The zero-order chi connectivity index (χ0) is 15.4. The number of hydrogen-bond acceptors (Lipinski definition) is 1. The number of benzene rings is 2. The molecule has 0 atom stereocenters. The third-order valence-corrected chi connectivity index (χ3v) is 5.10. The van der Waals surface area contributed by atoms with Crippen molar-refractivity contribution in [1.29, 1.82) is 0 Å². The second kappa shape index (κ2) is 6.48. The first-order chi connectivity index (χ1) is 10.8. The highest BCUT2D eigenvalue weighted by Gasteiger charge is 2.37. The van der Waals surface area contributed by atoms with E-state index in [0.29, 0.717) is 6.42 Å². The average Bonchev–Trinajstić information content (AvgIpc) is 2.70. The maximum absolute atomic E-state index is 11.1. The minimum atomic E-state index is -0.000648. The number of carbonyl (C=O) groups excluding carboxylic acids is 1. The molecule has 1 nitrogen and oxygen atoms in total. The summed E-state index contributed by atoms with van der Waals surface area (Å²) in [6, 6.07) is 17.7. The number of hydrogen-bond donors (Lipinski definition) is 0. The summed E-state index contributed by atoms with van der Waals surface area (Å²) < 4.78 is 0. The molecule has 114 valence electrons. The molecule has 0 aromatic heterocycles. The molecular weight excluding hydrogens is 268 g/mol. The lowest BCUT2D eigenvalue weighted by atomic mass is 9.67. The summed E-state index contributed by atoms with van der Waals surface area (Å²) in [6.45, 7) is 2.25. The van der Waals surface area contributed by atoms with E-state index in [9.17, 15) is 4.79 Å². The van der Waals surface area contributed by atoms with Crippen molar-refractivity contribution in [3.63, 3.8) is 0 Å². The lowest BCUT2D eigenvalue weighted by Crippen LogP contribution is -2.29. The molecule has 2 aromatic carbocycles. The van der Waals surface area contributed by atoms with Crippen molar-refractivity contribution in [2.45, 2.75) is 50.9 Å². The highest BCUT2D eigenvalue weighted by Crippen LogP contribution is 2.45. The first-order valence-corrected chi connectivity index (χ1v) is 8.42. The van der Waals surface area contributed by atoms with Crippen LogP contribution in [0.1, 0.15) is 54.9 Å². The minimum Gasteiger partial charge on any atom is -0.303 e. The van der Waals surface area contributed by atoms with Crippen molar-refractivity contribution in [2.24, 2.45) is 0 Å². The highest BCUT2D eigenvalue weighted by atomic mass is 16.1. The van der Waals surface area contributed by atoms with Crippen LogP contribution in [0.2, 0.25) is 0 Å². The Morgan fingerprint density at radius 1 is 0.909 bits per heavy atom. The molecule has 0 spiro atoms. The third kappa shape index (κ3) is 2.49. The van der Waals surface area contributed by atoms with E-state index >= 15 is 0 Å². The predicted molar refractivity (Wildman–Crippen MR) is 91.3 cm³/mol. The molecule has 0 unspecified atom stereocenters. The molecule has 3 rings (SSSR count). The second-order valence-corrected chi connectivity index (χ2v) is 6.35. The van der Waals surface area contributed by atoms with Crippen LogP contribution in [0.25, 0.3) is 0 Å². The van der Waals surface area contributed by atoms with Gasteiger partial charge >= 0.3 is 0 Å². The lowest BCUT2D eigenvalue weighted by molar-refractivity contribution is -0.108. The fraction of sp³-hybridized carbons (Fsp3) is 0.381. The van der Waals surface area contributed by atoms with Gasteiger partial charge in [-0.1, -0.05) is 61.9 Å². The number of aryl methyl sites for hydroxylation is 2. The molecule has 0 fully saturated rings. The minimum absolute atomic E-state index is 0.000648. The Morgan fingerprint density at radius 3 is 1.95 bits per heavy atom. The molecule has 0 heterocycles. The lowest BCUT2D eigenvalue weighted by Gasteiger charge is -2.36. The molecule has 0 saturated carbocycles. The van der Waals surface area contributed by atoms with E-state index in [1.165, 1.54) is 22.3 Å². The predicted octanol–water partition coefficient (Wildman–Crippen LogP) is 4.85. The zero-order valence-electron chi connectivity index (χ0n) is 13.3. The summed E-state index contributed by atoms with van der Waals surface area (Å²) in [4.78, 5) is 11.1. The van der Waals surface area contributed by atoms with Crippen LogP contribution in [0.15, 0.2) is 48.5 Å². The van der Waals surface area contributed by atoms with Gasteiger partial charge in [0.05, 0.1) is 0 Å². The maximum Gasteiger partial charge on any atom is 0.120 e. The molecule has 1 heteroatoms. The van der Waals surface area contributed by atoms with Crippen molar-refractivity contribution < 1.29 is 4.79 Å². The van der Waals surface area contributed by atoms with Gasteiger partial charge in [0, 0.05) is 11.8 Å². The molecule has 0 saturated heterocycles. The Morgan fingerprint density at radius 2 is 1.45 bits per heavy atom. The van der Waals surface area contributed by atoms with Crippen LogP contribution in [0, 0.1) is 0 Å². The number of rotatable bonds is 5. The Labute approximate surface area is 133 Å². The third-order valence-electron chi connectivity index (χ3n) is 5.10. The summed E-state index contributed by atoms with van der Waals surface area (Å²) in [5.74, 6) is 0. The van der Waals surface area contributed by atoms with Crippen molar-refractivity contribution in [3.05, 3.63) is 70.8 Å². The Kier molecular flexibility index (Phi) is 4.42. The topological polar surface area (TPSA) is 17.1 Å². The SMILES string of the molecule is CCCC1(CCC=O)c2ccccc2CCc2ccccc21. The van der Waals surface area contributed by atoms with Crippen LogP contribution < -0.4 is 0 Å². The summed E-state index contributed by atoms with van der Waals surface area (Å²) in [7, 11) is 0. The Bertz CT molecular complexity index is 609. The van der Waals surface area contributed by atoms with Gasteiger partial charge in [-0.3, -0.25) is 0 Å². The maximum atomic E-state index is 11.1. The van der Waals surface area contributed by atoms with Crippen molar-refractivity contribution in [1.82, 2.24) is 0 Å². The quantitative estimate of drug-likeness (QED) is 0.720. The van der Waals surface area contributed by atoms with Gasteiger partial charge in [-0.15, -0.1) is 0 Å². The largest absolute Gasteiger partial charge is 0.303 e. The first-order valence-electron chi connectivity index (χ1n) is 8.42. The smallest absolute Gasteiger partial charge is 0.120 e. The summed E-state index contributed by atoms with van der Waals surface area (Å²) in [5.41, 5.74) is 5.81. The van der Waals surface area contributed by atoms with Crippen LogP contribution >= 0.6 is 0 Å². The standard InChI is InChI=1S/C21H24O/c1-2-14-21(15-7-16-22)19-10-5-3-8-17(19)12-13-18-9-4-6-11-20(18)21/h3-6,8-11,16H,2,7,12-15H2,1H3. The van der Waals surface area contributed by atoms with E-state index in [2.05, 4.69) is 55.5 Å². The fourth-order valence-electron chi connectivity index (χ4n) is 4.22. The van der Waals surface area contributed by atoms with Crippen molar-refractivity contribution >= 4 is 6.29 Å². The molecule has 0 N–H and O–H groups in total. The average molecular weight is 292 g/mol. The van der Waals surface area contributed by atoms with E-state index in [-0.39, 0.29) is 5.41 Å². The van der Waals surface area contributed by atoms with Crippen LogP contribution in [0.4, 0.5) is 0 Å². The fourth-order valence-corrected chi connectivity index (χ4v) is 4.22. The molecule has 2 aromatic rings. The van der Waals surface area contributed by atoms with Gasteiger partial charge in [-0.25, -0.2) is 0 Å². The van der Waals surface area contributed by atoms with E-state index in [1.54, 1.807) is 0 Å². The highest BCUT2D eigenvalue weighted by molar-refractivity contribution is 5.54. The van der Waals surface area contributed by atoms with Crippen LogP contribution in [0.3, 0.4) is 0 Å². The molecule has 22 heavy (non-hydrogen) atoms. The second-order valence-electron chi connectivity index (χ2n) is 6.35. The number of fused-ring (bicyclic) bond motifs is 2. The van der Waals surface area contributed by atoms with Crippen molar-refractivity contribution in [2.75, 3.05) is 0 Å². The normalized spacial score (nSPS) is 15.5. The van der Waals surface area contributed by atoms with Crippen LogP contribution in [-0.2, 0) is 23.1 Å². The van der Waals surface area contributed by atoms with Gasteiger partial charge in [0.25, 0.3) is 0 Å². The number of carbonyl (C=O) groups is 1. The van der Waals surface area contributed by atoms with E-state index < -0.39 is 0 Å². The molecule has 0 aliphatic heterocycles. The molecule has 1 aliphatic rings.